The van der Waals surface area contributed by atoms with Crippen LogP contribution in [0.3, 0.4) is 0 Å². The fourth-order valence-corrected chi connectivity index (χ4v) is 2.49. The average Bonchev–Trinajstić information content (AvgIpc) is 2.93. The van der Waals surface area contributed by atoms with Crippen LogP contribution in [0.1, 0.15) is 48.4 Å². The first-order chi connectivity index (χ1) is 9.22. The summed E-state index contributed by atoms with van der Waals surface area (Å²) in [6.07, 6.45) is 5.75. The van der Waals surface area contributed by atoms with Gasteiger partial charge in [0, 0.05) is 18.0 Å². The van der Waals surface area contributed by atoms with Crippen molar-refractivity contribution >= 4 is 5.91 Å². The van der Waals surface area contributed by atoms with E-state index in [0.717, 1.165) is 12.8 Å². The van der Waals surface area contributed by atoms with Crippen molar-refractivity contribution < 1.29 is 9.21 Å². The van der Waals surface area contributed by atoms with Crippen molar-refractivity contribution in [1.29, 1.82) is 0 Å². The highest BCUT2D eigenvalue weighted by Gasteiger charge is 2.24. The molecule has 19 heavy (non-hydrogen) atoms. The molecule has 1 aromatic rings. The van der Waals surface area contributed by atoms with Gasteiger partial charge < -0.3 is 9.32 Å². The highest BCUT2D eigenvalue weighted by Crippen LogP contribution is 2.23. The van der Waals surface area contributed by atoms with Gasteiger partial charge in [-0.25, -0.2) is 0 Å². The summed E-state index contributed by atoms with van der Waals surface area (Å²) < 4.78 is 5.40. The summed E-state index contributed by atoms with van der Waals surface area (Å²) in [5.41, 5.74) is 8.24. The molecule has 1 amide bonds. The van der Waals surface area contributed by atoms with Crippen LogP contribution in [0.4, 0.5) is 0 Å². The van der Waals surface area contributed by atoms with Crippen molar-refractivity contribution in [2.24, 2.45) is 5.11 Å². The average molecular weight is 262 g/mol. The Morgan fingerprint density at radius 3 is 2.89 bits per heavy atom. The topological polar surface area (TPSA) is 82.2 Å². The molecule has 1 aliphatic rings. The zero-order valence-corrected chi connectivity index (χ0v) is 11.1. The van der Waals surface area contributed by atoms with Gasteiger partial charge in [0.05, 0.1) is 6.54 Å². The molecule has 1 fully saturated rings. The Bertz CT molecular complexity index is 485. The highest BCUT2D eigenvalue weighted by molar-refractivity contribution is 5.91. The fourth-order valence-electron chi connectivity index (χ4n) is 2.49. The molecule has 0 unspecified atom stereocenters. The molecule has 0 aromatic carbocycles. The van der Waals surface area contributed by atoms with Crippen molar-refractivity contribution in [3.8, 4) is 0 Å². The molecule has 102 valence electrons. The van der Waals surface area contributed by atoms with Gasteiger partial charge in [-0.05, 0) is 30.5 Å². The third-order valence-corrected chi connectivity index (χ3v) is 3.60. The number of carbonyl (C=O) groups is 1. The number of rotatable bonds is 4. The van der Waals surface area contributed by atoms with E-state index in [4.69, 9.17) is 9.95 Å². The smallest absolute Gasteiger partial charge is 0.289 e. The van der Waals surface area contributed by atoms with Gasteiger partial charge in [0.25, 0.3) is 5.91 Å². The van der Waals surface area contributed by atoms with Crippen molar-refractivity contribution in [1.82, 2.24) is 4.90 Å². The van der Waals surface area contributed by atoms with Crippen molar-refractivity contribution in [2.45, 2.75) is 44.7 Å². The quantitative estimate of drug-likeness (QED) is 0.472. The van der Waals surface area contributed by atoms with Gasteiger partial charge in [-0.15, -0.1) is 0 Å². The third kappa shape index (κ3) is 3.29. The lowest BCUT2D eigenvalue weighted by molar-refractivity contribution is 0.0662. The normalized spacial score (nSPS) is 15.8. The Hall–Kier alpha value is -1.94. The van der Waals surface area contributed by atoms with Crippen molar-refractivity contribution in [3.63, 3.8) is 0 Å². The van der Waals surface area contributed by atoms with Gasteiger partial charge in [0.2, 0.25) is 0 Å². The molecule has 6 nitrogen and oxygen atoms in total. The predicted octanol–water partition coefficient (Wildman–Crippen LogP) is 3.49. The Morgan fingerprint density at radius 1 is 1.47 bits per heavy atom. The highest BCUT2D eigenvalue weighted by atomic mass is 16.4. The van der Waals surface area contributed by atoms with Gasteiger partial charge in [-0.2, -0.15) is 0 Å². The first-order valence-corrected chi connectivity index (χ1v) is 6.59. The van der Waals surface area contributed by atoms with Gasteiger partial charge >= 0.3 is 0 Å². The van der Waals surface area contributed by atoms with Crippen LogP contribution in [0.25, 0.3) is 10.4 Å². The molecule has 0 N–H and O–H groups in total. The van der Waals surface area contributed by atoms with E-state index in [9.17, 15) is 4.79 Å². The van der Waals surface area contributed by atoms with Crippen LogP contribution in [-0.2, 0) is 6.54 Å². The summed E-state index contributed by atoms with van der Waals surface area (Å²) in [6.45, 7) is 0.136. The molecule has 6 heteroatoms. The molecule has 0 spiro atoms. The zero-order valence-electron chi connectivity index (χ0n) is 11.1. The minimum atomic E-state index is -0.0981. The SMILES string of the molecule is CN(C(=O)c1ccc(CN=[N+]=[N-])o1)C1CCCCC1. The largest absolute Gasteiger partial charge is 0.456 e. The van der Waals surface area contributed by atoms with Crippen LogP contribution in [0.2, 0.25) is 0 Å². The minimum absolute atomic E-state index is 0.0981. The molecule has 2 rings (SSSR count). The van der Waals surface area contributed by atoms with E-state index in [1.165, 1.54) is 19.3 Å². The molecular formula is C13H18N4O2. The van der Waals surface area contributed by atoms with E-state index >= 15 is 0 Å². The first-order valence-electron chi connectivity index (χ1n) is 6.59. The van der Waals surface area contributed by atoms with Gasteiger partial charge in [0.15, 0.2) is 5.76 Å². The molecule has 0 atom stereocenters. The third-order valence-electron chi connectivity index (χ3n) is 3.60. The van der Waals surface area contributed by atoms with Crippen LogP contribution >= 0.6 is 0 Å². The number of azide groups is 1. The second-order valence-corrected chi connectivity index (χ2v) is 4.86. The van der Waals surface area contributed by atoms with E-state index in [1.807, 2.05) is 7.05 Å². The fraction of sp³-hybridized carbons (Fsp3) is 0.615. The molecule has 1 heterocycles. The summed E-state index contributed by atoms with van der Waals surface area (Å²) in [5.74, 6) is 0.730. The van der Waals surface area contributed by atoms with Crippen LogP contribution in [0.15, 0.2) is 21.7 Å². The van der Waals surface area contributed by atoms with E-state index in [2.05, 4.69) is 10.0 Å². The number of hydrogen-bond acceptors (Lipinski definition) is 3. The number of hydrogen-bond donors (Lipinski definition) is 0. The number of furan rings is 1. The maximum absolute atomic E-state index is 12.3. The maximum atomic E-state index is 12.3. The van der Waals surface area contributed by atoms with Gasteiger partial charge in [-0.1, -0.05) is 24.4 Å². The molecule has 0 aliphatic heterocycles. The lowest BCUT2D eigenvalue weighted by atomic mass is 9.94. The number of amides is 1. The Balaban J connectivity index is 2.01. The van der Waals surface area contributed by atoms with E-state index < -0.39 is 0 Å². The van der Waals surface area contributed by atoms with E-state index in [-0.39, 0.29) is 12.5 Å². The first kappa shape index (κ1) is 13.5. The maximum Gasteiger partial charge on any atom is 0.289 e. The summed E-state index contributed by atoms with van der Waals surface area (Å²) >= 11 is 0. The summed E-state index contributed by atoms with van der Waals surface area (Å²) in [5, 5.41) is 3.41. The van der Waals surface area contributed by atoms with E-state index in [1.54, 1.807) is 17.0 Å². The van der Waals surface area contributed by atoms with Gasteiger partial charge in [-0.3, -0.25) is 4.79 Å². The standard InChI is InChI=1S/C13H18N4O2/c1-17(10-5-3-2-4-6-10)13(18)12-8-7-11(19-12)9-15-16-14/h7-8,10H,2-6,9H2,1H3. The predicted molar refractivity (Wildman–Crippen MR) is 70.5 cm³/mol. The molecule has 0 radical (unpaired) electrons. The molecule has 0 saturated heterocycles. The van der Waals surface area contributed by atoms with Gasteiger partial charge in [0.1, 0.15) is 5.76 Å². The van der Waals surface area contributed by atoms with Crippen LogP contribution in [0.5, 0.6) is 0 Å². The summed E-state index contributed by atoms with van der Waals surface area (Å²) in [4.78, 5) is 16.7. The molecule has 0 bridgehead atoms. The Morgan fingerprint density at radius 2 is 2.21 bits per heavy atom. The number of carbonyl (C=O) groups excluding carboxylic acids is 1. The number of nitrogens with zero attached hydrogens (tertiary/aromatic N) is 4. The summed E-state index contributed by atoms with van der Waals surface area (Å²) in [6, 6.07) is 3.63. The Labute approximate surface area is 112 Å². The van der Waals surface area contributed by atoms with Crippen LogP contribution < -0.4 is 0 Å². The Kier molecular flexibility index (Phi) is 4.47. The minimum Gasteiger partial charge on any atom is -0.456 e. The molecule has 1 aliphatic carbocycles. The van der Waals surface area contributed by atoms with Crippen LogP contribution in [0, 0.1) is 0 Å². The molecule has 1 aromatic heterocycles. The van der Waals surface area contributed by atoms with Crippen molar-refractivity contribution in [2.75, 3.05) is 7.05 Å². The second-order valence-electron chi connectivity index (χ2n) is 4.86. The molecule has 1 saturated carbocycles. The van der Waals surface area contributed by atoms with Crippen LogP contribution in [-0.4, -0.2) is 23.9 Å². The second kappa shape index (κ2) is 6.29. The van der Waals surface area contributed by atoms with Crippen molar-refractivity contribution in [3.05, 3.63) is 34.1 Å². The lowest BCUT2D eigenvalue weighted by Crippen LogP contribution is -2.38. The zero-order chi connectivity index (χ0) is 13.7. The van der Waals surface area contributed by atoms with E-state index in [0.29, 0.717) is 17.6 Å². The molecular weight excluding hydrogens is 244 g/mol. The lowest BCUT2D eigenvalue weighted by Gasteiger charge is -2.30. The summed E-state index contributed by atoms with van der Waals surface area (Å²) in [7, 11) is 1.83. The monoisotopic (exact) mass is 262 g/mol.